The summed E-state index contributed by atoms with van der Waals surface area (Å²) in [5.41, 5.74) is -0.618. The number of allylic oxidation sites excluding steroid dienone is 1. The van der Waals surface area contributed by atoms with E-state index in [9.17, 15) is 4.57 Å². The van der Waals surface area contributed by atoms with Gasteiger partial charge in [0.2, 0.25) is 0 Å². The van der Waals surface area contributed by atoms with Crippen molar-refractivity contribution < 1.29 is 14.4 Å². The molecule has 13 heavy (non-hydrogen) atoms. The minimum absolute atomic E-state index is 0.145. The van der Waals surface area contributed by atoms with Gasteiger partial charge in [-0.1, -0.05) is 25.3 Å². The van der Waals surface area contributed by atoms with Crippen molar-refractivity contribution in [2.45, 2.75) is 37.8 Å². The topological polar surface area (TPSA) is 57.5 Å². The summed E-state index contributed by atoms with van der Waals surface area (Å²) in [4.78, 5) is 18.1. The quantitative estimate of drug-likeness (QED) is 0.547. The van der Waals surface area contributed by atoms with Crippen LogP contribution in [0.1, 0.15) is 32.1 Å². The molecule has 1 unspecified atom stereocenters. The standard InChI is InChI=1S/C9H17O3P/c1-2-9(13(10,11)12)8-6-4-3-5-7-8/h2,8-9H,1,3-7H2,(H2,10,11,12). The average molecular weight is 204 g/mol. The zero-order valence-electron chi connectivity index (χ0n) is 7.72. The molecule has 0 radical (unpaired) electrons. The Hall–Kier alpha value is -0.110. The van der Waals surface area contributed by atoms with E-state index >= 15 is 0 Å². The molecule has 1 rings (SSSR count). The molecule has 0 heterocycles. The first-order valence-electron chi connectivity index (χ1n) is 4.73. The van der Waals surface area contributed by atoms with Gasteiger partial charge in [-0.05, 0) is 18.8 Å². The van der Waals surface area contributed by atoms with Crippen LogP contribution in [-0.4, -0.2) is 15.4 Å². The van der Waals surface area contributed by atoms with Gasteiger partial charge in [0.05, 0.1) is 5.66 Å². The van der Waals surface area contributed by atoms with E-state index in [1.54, 1.807) is 0 Å². The van der Waals surface area contributed by atoms with E-state index in [1.807, 2.05) is 0 Å². The minimum Gasteiger partial charge on any atom is -0.324 e. The molecule has 76 valence electrons. The first kappa shape index (κ1) is 11.0. The molecule has 0 bridgehead atoms. The van der Waals surface area contributed by atoms with Crippen molar-refractivity contribution in [3.8, 4) is 0 Å². The summed E-state index contributed by atoms with van der Waals surface area (Å²) in [6.07, 6.45) is 6.67. The van der Waals surface area contributed by atoms with Gasteiger partial charge in [0, 0.05) is 0 Å². The van der Waals surface area contributed by atoms with Crippen LogP contribution < -0.4 is 0 Å². The lowest BCUT2D eigenvalue weighted by molar-refractivity contribution is 0.309. The zero-order chi connectivity index (χ0) is 9.90. The molecule has 1 fully saturated rings. The van der Waals surface area contributed by atoms with Crippen LogP contribution in [0.2, 0.25) is 0 Å². The van der Waals surface area contributed by atoms with Crippen molar-refractivity contribution in [1.82, 2.24) is 0 Å². The SMILES string of the molecule is C=CC(C1CCCCC1)P(=O)(O)O. The van der Waals surface area contributed by atoms with Gasteiger partial charge in [0.25, 0.3) is 0 Å². The van der Waals surface area contributed by atoms with Crippen LogP contribution in [0.15, 0.2) is 12.7 Å². The van der Waals surface area contributed by atoms with Gasteiger partial charge in [-0.2, -0.15) is 0 Å². The van der Waals surface area contributed by atoms with Crippen LogP contribution in [0.3, 0.4) is 0 Å². The van der Waals surface area contributed by atoms with Gasteiger partial charge in [-0.25, -0.2) is 0 Å². The van der Waals surface area contributed by atoms with Crippen molar-refractivity contribution in [2.75, 3.05) is 0 Å². The highest BCUT2D eigenvalue weighted by Crippen LogP contribution is 2.49. The van der Waals surface area contributed by atoms with E-state index in [0.29, 0.717) is 0 Å². The lowest BCUT2D eigenvalue weighted by Crippen LogP contribution is -2.21. The normalized spacial score (nSPS) is 22.6. The molecule has 0 aromatic rings. The Bertz CT molecular complexity index is 215. The zero-order valence-corrected chi connectivity index (χ0v) is 8.62. The second-order valence-electron chi connectivity index (χ2n) is 3.71. The molecular weight excluding hydrogens is 187 g/mol. The lowest BCUT2D eigenvalue weighted by atomic mass is 9.87. The number of rotatable bonds is 3. The third-order valence-electron chi connectivity index (χ3n) is 2.76. The molecule has 0 aromatic heterocycles. The average Bonchev–Trinajstić information content (AvgIpc) is 2.05. The van der Waals surface area contributed by atoms with Gasteiger partial charge in [-0.3, -0.25) is 4.57 Å². The smallest absolute Gasteiger partial charge is 0.324 e. The Balaban J connectivity index is 2.65. The summed E-state index contributed by atoms with van der Waals surface area (Å²) < 4.78 is 11.1. The fourth-order valence-electron chi connectivity index (χ4n) is 2.08. The Kier molecular flexibility index (Phi) is 3.72. The van der Waals surface area contributed by atoms with Crippen molar-refractivity contribution in [3.05, 3.63) is 12.7 Å². The van der Waals surface area contributed by atoms with Gasteiger partial charge in [0.15, 0.2) is 0 Å². The molecular formula is C9H17O3P. The fraction of sp³-hybridized carbons (Fsp3) is 0.778. The molecule has 0 aliphatic heterocycles. The summed E-state index contributed by atoms with van der Waals surface area (Å²) in [7, 11) is -3.96. The van der Waals surface area contributed by atoms with Crippen LogP contribution in [0.4, 0.5) is 0 Å². The predicted molar refractivity (Wildman–Crippen MR) is 52.6 cm³/mol. The van der Waals surface area contributed by atoms with Crippen molar-refractivity contribution >= 4 is 7.60 Å². The van der Waals surface area contributed by atoms with Crippen molar-refractivity contribution in [3.63, 3.8) is 0 Å². The molecule has 2 N–H and O–H groups in total. The summed E-state index contributed by atoms with van der Waals surface area (Å²) in [5.74, 6) is 0.145. The van der Waals surface area contributed by atoms with E-state index in [4.69, 9.17) is 9.79 Å². The van der Waals surface area contributed by atoms with Gasteiger partial charge < -0.3 is 9.79 Å². The Labute approximate surface area is 79.0 Å². The van der Waals surface area contributed by atoms with E-state index in [0.717, 1.165) is 25.7 Å². The van der Waals surface area contributed by atoms with Gasteiger partial charge >= 0.3 is 7.60 Å². The van der Waals surface area contributed by atoms with Crippen LogP contribution in [0.5, 0.6) is 0 Å². The predicted octanol–water partition coefficient (Wildman–Crippen LogP) is 2.30. The third-order valence-corrected chi connectivity index (χ3v) is 4.17. The summed E-state index contributed by atoms with van der Waals surface area (Å²) in [6.45, 7) is 3.51. The Morgan fingerprint density at radius 2 is 1.85 bits per heavy atom. The largest absolute Gasteiger partial charge is 0.332 e. The molecule has 1 atom stereocenters. The van der Waals surface area contributed by atoms with Gasteiger partial charge in [-0.15, -0.1) is 6.58 Å². The van der Waals surface area contributed by atoms with E-state index < -0.39 is 13.3 Å². The molecule has 4 heteroatoms. The molecule has 0 saturated heterocycles. The Morgan fingerprint density at radius 1 is 1.31 bits per heavy atom. The van der Waals surface area contributed by atoms with Gasteiger partial charge in [0.1, 0.15) is 0 Å². The van der Waals surface area contributed by atoms with Crippen LogP contribution in [0, 0.1) is 5.92 Å². The van der Waals surface area contributed by atoms with Crippen molar-refractivity contribution in [2.24, 2.45) is 5.92 Å². The fourth-order valence-corrected chi connectivity index (χ4v) is 3.20. The number of hydrogen-bond acceptors (Lipinski definition) is 1. The van der Waals surface area contributed by atoms with Crippen LogP contribution in [-0.2, 0) is 4.57 Å². The first-order chi connectivity index (χ1) is 6.05. The lowest BCUT2D eigenvalue weighted by Gasteiger charge is -2.28. The first-order valence-corrected chi connectivity index (χ1v) is 6.41. The third kappa shape index (κ3) is 2.94. The monoisotopic (exact) mass is 204 g/mol. The second-order valence-corrected chi connectivity index (χ2v) is 5.49. The molecule has 0 aromatic carbocycles. The van der Waals surface area contributed by atoms with E-state index in [1.165, 1.54) is 12.5 Å². The molecule has 1 saturated carbocycles. The van der Waals surface area contributed by atoms with Crippen LogP contribution >= 0.6 is 7.60 Å². The van der Waals surface area contributed by atoms with Crippen molar-refractivity contribution in [1.29, 1.82) is 0 Å². The second kappa shape index (κ2) is 4.41. The summed E-state index contributed by atoms with van der Waals surface area (Å²) in [5, 5.41) is 0. The molecule has 0 amide bonds. The number of hydrogen-bond donors (Lipinski definition) is 2. The maximum Gasteiger partial charge on any atom is 0.332 e. The van der Waals surface area contributed by atoms with Crippen LogP contribution in [0.25, 0.3) is 0 Å². The highest BCUT2D eigenvalue weighted by Gasteiger charge is 2.33. The minimum atomic E-state index is -3.96. The van der Waals surface area contributed by atoms with E-state index in [-0.39, 0.29) is 5.92 Å². The summed E-state index contributed by atoms with van der Waals surface area (Å²) in [6, 6.07) is 0. The molecule has 1 aliphatic carbocycles. The molecule has 1 aliphatic rings. The summed E-state index contributed by atoms with van der Waals surface area (Å²) >= 11 is 0. The Morgan fingerprint density at radius 3 is 2.23 bits per heavy atom. The maximum absolute atomic E-state index is 11.1. The molecule has 3 nitrogen and oxygen atoms in total. The maximum atomic E-state index is 11.1. The van der Waals surface area contributed by atoms with E-state index in [2.05, 4.69) is 6.58 Å². The highest BCUT2D eigenvalue weighted by molar-refractivity contribution is 7.52. The molecule has 0 spiro atoms. The highest BCUT2D eigenvalue weighted by atomic mass is 31.2.